The van der Waals surface area contributed by atoms with E-state index in [-0.39, 0.29) is 10.8 Å². The van der Waals surface area contributed by atoms with Crippen molar-refractivity contribution in [3.05, 3.63) is 51.9 Å². The smallest absolute Gasteiger partial charge is 0.246 e. The lowest BCUT2D eigenvalue weighted by Crippen LogP contribution is -2.39. The number of piperidine rings is 1. The van der Waals surface area contributed by atoms with E-state index in [1.165, 1.54) is 7.11 Å². The van der Waals surface area contributed by atoms with Gasteiger partial charge in [0.15, 0.2) is 0 Å². The lowest BCUT2D eigenvalue weighted by Gasteiger charge is -2.31. The van der Waals surface area contributed by atoms with E-state index < -0.39 is 10.0 Å². The molecule has 1 atom stereocenters. The molecule has 3 aromatic rings. The van der Waals surface area contributed by atoms with E-state index in [1.807, 2.05) is 18.2 Å². The summed E-state index contributed by atoms with van der Waals surface area (Å²) in [4.78, 5) is 4.94. The first kappa shape index (κ1) is 18.9. The molecule has 0 saturated carbocycles. The van der Waals surface area contributed by atoms with Gasteiger partial charge in [0.1, 0.15) is 10.6 Å². The van der Waals surface area contributed by atoms with E-state index in [0.29, 0.717) is 23.3 Å². The first-order chi connectivity index (χ1) is 13.0. The minimum atomic E-state index is -3.64. The molecule has 0 unspecified atom stereocenters. The van der Waals surface area contributed by atoms with Crippen molar-refractivity contribution in [3.8, 4) is 5.75 Å². The van der Waals surface area contributed by atoms with Gasteiger partial charge in [0.2, 0.25) is 10.0 Å². The molecule has 2 aromatic carbocycles. The summed E-state index contributed by atoms with van der Waals surface area (Å²) in [6.07, 6.45) is 1.76. The SMILES string of the molecule is COc1ccc(Br)cc1S(=O)(=O)N1CCC[C@@H](c2nc3ccccc3s2)C1. The molecule has 0 radical (unpaired) electrons. The molecule has 27 heavy (non-hydrogen) atoms. The monoisotopic (exact) mass is 466 g/mol. The molecular weight excluding hydrogens is 448 g/mol. The number of benzene rings is 2. The highest BCUT2D eigenvalue weighted by Gasteiger charge is 2.34. The number of methoxy groups -OCH3 is 1. The van der Waals surface area contributed by atoms with Crippen molar-refractivity contribution in [2.45, 2.75) is 23.7 Å². The van der Waals surface area contributed by atoms with Crippen LogP contribution in [0.1, 0.15) is 23.8 Å². The van der Waals surface area contributed by atoms with Crippen molar-refractivity contribution in [3.63, 3.8) is 0 Å². The lowest BCUT2D eigenvalue weighted by molar-refractivity contribution is 0.313. The fourth-order valence-electron chi connectivity index (χ4n) is 3.42. The minimum Gasteiger partial charge on any atom is -0.495 e. The largest absolute Gasteiger partial charge is 0.495 e. The van der Waals surface area contributed by atoms with Gasteiger partial charge in [-0.2, -0.15) is 4.31 Å². The van der Waals surface area contributed by atoms with Crippen LogP contribution in [0.15, 0.2) is 51.8 Å². The average Bonchev–Trinajstić information content (AvgIpc) is 3.12. The van der Waals surface area contributed by atoms with Gasteiger partial charge < -0.3 is 4.74 Å². The number of aromatic nitrogens is 1. The second-order valence-corrected chi connectivity index (χ2v) is 10.4. The maximum Gasteiger partial charge on any atom is 0.246 e. The van der Waals surface area contributed by atoms with Crippen molar-refractivity contribution in [1.29, 1.82) is 0 Å². The van der Waals surface area contributed by atoms with Crippen LogP contribution in [0.2, 0.25) is 0 Å². The number of fused-ring (bicyclic) bond motifs is 1. The van der Waals surface area contributed by atoms with Gasteiger partial charge >= 0.3 is 0 Å². The summed E-state index contributed by atoms with van der Waals surface area (Å²) in [5.74, 6) is 0.476. The fraction of sp³-hybridized carbons (Fsp3) is 0.316. The van der Waals surface area contributed by atoms with Crippen molar-refractivity contribution in [2.75, 3.05) is 20.2 Å². The summed E-state index contributed by atoms with van der Waals surface area (Å²) in [6, 6.07) is 13.1. The van der Waals surface area contributed by atoms with Gasteiger partial charge in [-0.05, 0) is 43.2 Å². The van der Waals surface area contributed by atoms with Gasteiger partial charge in [0, 0.05) is 23.5 Å². The molecule has 4 rings (SSSR count). The molecule has 5 nitrogen and oxygen atoms in total. The third-order valence-electron chi connectivity index (χ3n) is 4.79. The van der Waals surface area contributed by atoms with Gasteiger partial charge in [-0.3, -0.25) is 0 Å². The Morgan fingerprint density at radius 3 is 2.85 bits per heavy atom. The first-order valence-corrected chi connectivity index (χ1v) is 11.7. The molecule has 142 valence electrons. The molecule has 8 heteroatoms. The second kappa shape index (κ2) is 7.50. The molecule has 1 aromatic heterocycles. The number of ether oxygens (including phenoxy) is 1. The predicted octanol–water partition coefficient (Wildman–Crippen LogP) is 4.64. The second-order valence-electron chi connectivity index (χ2n) is 6.52. The lowest BCUT2D eigenvalue weighted by atomic mass is 10.0. The minimum absolute atomic E-state index is 0.115. The summed E-state index contributed by atoms with van der Waals surface area (Å²) in [7, 11) is -2.15. The van der Waals surface area contributed by atoms with Crippen LogP contribution in [0.25, 0.3) is 10.2 Å². The van der Waals surface area contributed by atoms with E-state index in [2.05, 4.69) is 22.0 Å². The molecule has 2 heterocycles. The number of halogens is 1. The topological polar surface area (TPSA) is 59.5 Å². The molecule has 1 fully saturated rings. The third-order valence-corrected chi connectivity index (χ3v) is 8.37. The number of rotatable bonds is 4. The normalized spacial score (nSPS) is 18.7. The zero-order valence-corrected chi connectivity index (χ0v) is 18.0. The van der Waals surface area contributed by atoms with Gasteiger partial charge in [0.05, 0.1) is 22.3 Å². The molecule has 0 aliphatic carbocycles. The van der Waals surface area contributed by atoms with Crippen LogP contribution in [-0.2, 0) is 10.0 Å². The molecule has 0 amide bonds. The van der Waals surface area contributed by atoms with Crippen LogP contribution < -0.4 is 4.74 Å². The fourth-order valence-corrected chi connectivity index (χ4v) is 6.73. The van der Waals surface area contributed by atoms with Crippen LogP contribution in [-0.4, -0.2) is 37.9 Å². The van der Waals surface area contributed by atoms with E-state index in [9.17, 15) is 8.42 Å². The standard InChI is InChI=1S/C19H19BrN2O3S2/c1-25-16-9-8-14(20)11-18(16)27(23,24)22-10-4-5-13(12-22)19-21-15-6-2-3-7-17(15)26-19/h2-3,6-9,11,13H,4-5,10,12H2,1H3/t13-/m1/s1. The Morgan fingerprint density at radius 2 is 2.07 bits per heavy atom. The molecule has 0 N–H and O–H groups in total. The summed E-state index contributed by atoms with van der Waals surface area (Å²) in [5.41, 5.74) is 0.978. The van der Waals surface area contributed by atoms with E-state index in [1.54, 1.807) is 33.8 Å². The first-order valence-electron chi connectivity index (χ1n) is 8.68. The van der Waals surface area contributed by atoms with Gasteiger partial charge in [-0.1, -0.05) is 28.1 Å². The highest BCUT2D eigenvalue weighted by Crippen LogP contribution is 2.36. The Hall–Kier alpha value is -1.48. The summed E-state index contributed by atoms with van der Waals surface area (Å²) >= 11 is 5.02. The number of thiazole rings is 1. The highest BCUT2D eigenvalue weighted by atomic mass is 79.9. The van der Waals surface area contributed by atoms with Crippen LogP contribution in [0.3, 0.4) is 0 Å². The van der Waals surface area contributed by atoms with Gasteiger partial charge in [-0.25, -0.2) is 13.4 Å². The van der Waals surface area contributed by atoms with Crippen LogP contribution in [0.4, 0.5) is 0 Å². The number of sulfonamides is 1. The molecule has 0 spiro atoms. The van der Waals surface area contributed by atoms with Crippen LogP contribution in [0, 0.1) is 0 Å². The quantitative estimate of drug-likeness (QED) is 0.561. The zero-order chi connectivity index (χ0) is 19.0. The van der Waals surface area contributed by atoms with E-state index in [0.717, 1.165) is 28.1 Å². The van der Waals surface area contributed by atoms with Gasteiger partial charge in [0.25, 0.3) is 0 Å². The summed E-state index contributed by atoms with van der Waals surface area (Å²) < 4.78 is 35.3. The zero-order valence-electron chi connectivity index (χ0n) is 14.8. The Labute approximate surface area is 171 Å². The Morgan fingerprint density at radius 1 is 1.26 bits per heavy atom. The number of para-hydroxylation sites is 1. The van der Waals surface area contributed by atoms with Crippen molar-refractivity contribution in [2.24, 2.45) is 0 Å². The van der Waals surface area contributed by atoms with Crippen LogP contribution >= 0.6 is 27.3 Å². The molecule has 1 aliphatic heterocycles. The molecule has 1 aliphatic rings. The Balaban J connectivity index is 1.65. The van der Waals surface area contributed by atoms with E-state index in [4.69, 9.17) is 9.72 Å². The highest BCUT2D eigenvalue weighted by molar-refractivity contribution is 9.10. The predicted molar refractivity (Wildman–Crippen MR) is 111 cm³/mol. The van der Waals surface area contributed by atoms with Gasteiger partial charge in [-0.15, -0.1) is 11.3 Å². The number of hydrogen-bond acceptors (Lipinski definition) is 5. The summed E-state index contributed by atoms with van der Waals surface area (Å²) in [5, 5.41) is 1.01. The average molecular weight is 467 g/mol. The molecular formula is C19H19BrN2O3S2. The maximum atomic E-state index is 13.3. The van der Waals surface area contributed by atoms with E-state index >= 15 is 0 Å². The van der Waals surface area contributed by atoms with Crippen LogP contribution in [0.5, 0.6) is 5.75 Å². The van der Waals surface area contributed by atoms with Crippen molar-refractivity contribution in [1.82, 2.24) is 9.29 Å². The van der Waals surface area contributed by atoms with Crippen molar-refractivity contribution < 1.29 is 13.2 Å². The maximum absolute atomic E-state index is 13.3. The third kappa shape index (κ3) is 3.63. The number of hydrogen-bond donors (Lipinski definition) is 0. The summed E-state index contributed by atoms with van der Waals surface area (Å²) in [6.45, 7) is 0.956. The Kier molecular flexibility index (Phi) is 5.24. The van der Waals surface area contributed by atoms with Crippen molar-refractivity contribution >= 4 is 47.5 Å². The Bertz CT molecular complexity index is 1050. The molecule has 1 saturated heterocycles. The number of nitrogens with zero attached hydrogens (tertiary/aromatic N) is 2. The molecule has 0 bridgehead atoms.